The average Bonchev–Trinajstić information content (AvgIpc) is 3.44. The molecule has 3 aromatic heterocycles. The maximum absolute atomic E-state index is 13.1. The van der Waals surface area contributed by atoms with Gasteiger partial charge in [-0.15, -0.1) is 21.5 Å². The highest BCUT2D eigenvalue weighted by Gasteiger charge is 2.18. The first kappa shape index (κ1) is 19.1. The van der Waals surface area contributed by atoms with Gasteiger partial charge < -0.3 is 14.3 Å². The van der Waals surface area contributed by atoms with E-state index in [1.165, 1.54) is 12.1 Å². The van der Waals surface area contributed by atoms with Crippen molar-refractivity contribution in [2.75, 3.05) is 0 Å². The standard InChI is InChI=1S/C21H19FN4O2S/c1-13-10-18(21-25-24-20(28-21)15-5-7-16(22)8-6-15)14(2)26(13)12-19(27)23-11-17-4-3-9-29-17/h3-10H,11-12H2,1-2H3,(H,23,27). The fraction of sp³-hybridized carbons (Fsp3) is 0.190. The van der Waals surface area contributed by atoms with Gasteiger partial charge in [0.1, 0.15) is 12.4 Å². The third-order valence-corrected chi connectivity index (χ3v) is 5.54. The molecule has 0 saturated heterocycles. The van der Waals surface area contributed by atoms with Crippen molar-refractivity contribution < 1.29 is 13.6 Å². The number of benzene rings is 1. The Bertz CT molecular complexity index is 1130. The highest BCUT2D eigenvalue weighted by atomic mass is 32.1. The molecule has 0 spiro atoms. The Hall–Kier alpha value is -3.26. The Kier molecular flexibility index (Phi) is 5.26. The van der Waals surface area contributed by atoms with Crippen LogP contribution in [0.1, 0.15) is 16.3 Å². The average molecular weight is 410 g/mol. The van der Waals surface area contributed by atoms with Crippen LogP contribution < -0.4 is 5.32 Å². The second-order valence-corrected chi connectivity index (χ2v) is 7.68. The second kappa shape index (κ2) is 8.00. The van der Waals surface area contributed by atoms with Gasteiger partial charge in [-0.05, 0) is 55.6 Å². The number of carbonyl (C=O) groups is 1. The molecule has 0 atom stereocenters. The molecule has 0 saturated carbocycles. The van der Waals surface area contributed by atoms with E-state index in [0.717, 1.165) is 21.8 Å². The van der Waals surface area contributed by atoms with Crippen LogP contribution in [0.4, 0.5) is 4.39 Å². The number of carbonyl (C=O) groups excluding carboxylic acids is 1. The van der Waals surface area contributed by atoms with Crippen molar-refractivity contribution in [2.24, 2.45) is 0 Å². The summed E-state index contributed by atoms with van der Waals surface area (Å²) in [6.45, 7) is 4.58. The molecular formula is C21H19FN4O2S. The Morgan fingerprint density at radius 1 is 1.17 bits per heavy atom. The molecule has 1 aromatic carbocycles. The predicted molar refractivity (Wildman–Crippen MR) is 109 cm³/mol. The zero-order valence-electron chi connectivity index (χ0n) is 16.0. The molecule has 4 aromatic rings. The molecule has 0 fully saturated rings. The summed E-state index contributed by atoms with van der Waals surface area (Å²) < 4.78 is 20.8. The highest BCUT2D eigenvalue weighted by molar-refractivity contribution is 7.09. The first-order chi connectivity index (χ1) is 14.0. The van der Waals surface area contributed by atoms with Crippen LogP contribution in [0, 0.1) is 19.7 Å². The zero-order valence-corrected chi connectivity index (χ0v) is 16.8. The molecular weight excluding hydrogens is 391 g/mol. The first-order valence-electron chi connectivity index (χ1n) is 9.07. The van der Waals surface area contributed by atoms with Gasteiger partial charge in [-0.1, -0.05) is 6.07 Å². The minimum atomic E-state index is -0.325. The van der Waals surface area contributed by atoms with Gasteiger partial charge in [-0.2, -0.15) is 0 Å². The van der Waals surface area contributed by atoms with Crippen molar-refractivity contribution in [1.29, 1.82) is 0 Å². The van der Waals surface area contributed by atoms with Crippen molar-refractivity contribution in [3.63, 3.8) is 0 Å². The predicted octanol–water partition coefficient (Wildman–Crippen LogP) is 4.34. The van der Waals surface area contributed by atoms with Gasteiger partial charge in [0.25, 0.3) is 0 Å². The third kappa shape index (κ3) is 4.12. The summed E-state index contributed by atoms with van der Waals surface area (Å²) >= 11 is 1.61. The fourth-order valence-electron chi connectivity index (χ4n) is 3.10. The van der Waals surface area contributed by atoms with E-state index < -0.39 is 0 Å². The van der Waals surface area contributed by atoms with Crippen LogP contribution >= 0.6 is 11.3 Å². The summed E-state index contributed by atoms with van der Waals surface area (Å²) in [5.41, 5.74) is 3.20. The third-order valence-electron chi connectivity index (χ3n) is 4.66. The summed E-state index contributed by atoms with van der Waals surface area (Å²) in [6, 6.07) is 11.7. The molecule has 0 radical (unpaired) electrons. The molecule has 4 rings (SSSR count). The Morgan fingerprint density at radius 3 is 2.66 bits per heavy atom. The van der Waals surface area contributed by atoms with Crippen molar-refractivity contribution in [3.05, 3.63) is 69.9 Å². The molecule has 1 amide bonds. The molecule has 0 aliphatic carbocycles. The van der Waals surface area contributed by atoms with Gasteiger partial charge in [0.05, 0.1) is 12.1 Å². The molecule has 0 aliphatic heterocycles. The smallest absolute Gasteiger partial charge is 0.249 e. The molecule has 0 bridgehead atoms. The summed E-state index contributed by atoms with van der Waals surface area (Å²) in [4.78, 5) is 13.5. The van der Waals surface area contributed by atoms with E-state index in [1.54, 1.807) is 23.5 Å². The van der Waals surface area contributed by atoms with Crippen LogP contribution in [0.25, 0.3) is 22.9 Å². The lowest BCUT2D eigenvalue weighted by Gasteiger charge is -2.09. The Balaban J connectivity index is 1.51. The van der Waals surface area contributed by atoms with E-state index in [4.69, 9.17) is 4.42 Å². The molecule has 6 nitrogen and oxygen atoms in total. The van der Waals surface area contributed by atoms with E-state index in [0.29, 0.717) is 23.9 Å². The van der Waals surface area contributed by atoms with Crippen LogP contribution in [0.3, 0.4) is 0 Å². The van der Waals surface area contributed by atoms with Crippen molar-refractivity contribution >= 4 is 17.2 Å². The number of halogens is 1. The van der Waals surface area contributed by atoms with Crippen molar-refractivity contribution in [3.8, 4) is 22.9 Å². The van der Waals surface area contributed by atoms with Gasteiger partial charge >= 0.3 is 0 Å². The van der Waals surface area contributed by atoms with Gasteiger partial charge in [-0.3, -0.25) is 4.79 Å². The number of hydrogen-bond donors (Lipinski definition) is 1. The van der Waals surface area contributed by atoms with E-state index in [-0.39, 0.29) is 18.3 Å². The SMILES string of the molecule is Cc1cc(-c2nnc(-c3ccc(F)cc3)o2)c(C)n1CC(=O)NCc1cccs1. The number of nitrogens with zero attached hydrogens (tertiary/aromatic N) is 3. The van der Waals surface area contributed by atoms with E-state index in [1.807, 2.05) is 42.0 Å². The summed E-state index contributed by atoms with van der Waals surface area (Å²) in [5.74, 6) is 0.292. The summed E-state index contributed by atoms with van der Waals surface area (Å²) in [5, 5.41) is 13.1. The van der Waals surface area contributed by atoms with Crippen LogP contribution in [-0.4, -0.2) is 20.7 Å². The molecule has 1 N–H and O–H groups in total. The monoisotopic (exact) mass is 410 g/mol. The Morgan fingerprint density at radius 2 is 1.93 bits per heavy atom. The minimum Gasteiger partial charge on any atom is -0.416 e. The normalized spacial score (nSPS) is 11.0. The molecule has 0 unspecified atom stereocenters. The van der Waals surface area contributed by atoms with E-state index in [2.05, 4.69) is 15.5 Å². The van der Waals surface area contributed by atoms with Crippen molar-refractivity contribution in [1.82, 2.24) is 20.1 Å². The number of rotatable bonds is 6. The van der Waals surface area contributed by atoms with E-state index in [9.17, 15) is 9.18 Å². The molecule has 8 heteroatoms. The quantitative estimate of drug-likeness (QED) is 0.513. The van der Waals surface area contributed by atoms with Gasteiger partial charge in [0.2, 0.25) is 17.7 Å². The Labute approximate surface area is 171 Å². The van der Waals surface area contributed by atoms with Crippen LogP contribution in [0.2, 0.25) is 0 Å². The van der Waals surface area contributed by atoms with Gasteiger partial charge in [-0.25, -0.2) is 4.39 Å². The highest BCUT2D eigenvalue weighted by Crippen LogP contribution is 2.28. The lowest BCUT2D eigenvalue weighted by molar-refractivity contribution is -0.121. The zero-order chi connectivity index (χ0) is 20.4. The summed E-state index contributed by atoms with van der Waals surface area (Å²) in [7, 11) is 0. The minimum absolute atomic E-state index is 0.0655. The van der Waals surface area contributed by atoms with Crippen molar-refractivity contribution in [2.45, 2.75) is 26.9 Å². The van der Waals surface area contributed by atoms with Gasteiger partial charge in [0, 0.05) is 21.8 Å². The molecule has 29 heavy (non-hydrogen) atoms. The number of nitrogens with one attached hydrogen (secondary N) is 1. The van der Waals surface area contributed by atoms with Crippen LogP contribution in [-0.2, 0) is 17.9 Å². The van der Waals surface area contributed by atoms with Crippen LogP contribution in [0.5, 0.6) is 0 Å². The number of hydrogen-bond acceptors (Lipinski definition) is 5. The maximum Gasteiger partial charge on any atom is 0.249 e. The number of aryl methyl sites for hydroxylation is 1. The van der Waals surface area contributed by atoms with Crippen LogP contribution in [0.15, 0.2) is 52.3 Å². The molecule has 3 heterocycles. The number of thiophene rings is 1. The largest absolute Gasteiger partial charge is 0.416 e. The fourth-order valence-corrected chi connectivity index (χ4v) is 3.75. The van der Waals surface area contributed by atoms with Gasteiger partial charge in [0.15, 0.2) is 0 Å². The summed E-state index contributed by atoms with van der Waals surface area (Å²) in [6.07, 6.45) is 0. The van der Waals surface area contributed by atoms with E-state index >= 15 is 0 Å². The lowest BCUT2D eigenvalue weighted by atomic mass is 10.2. The lowest BCUT2D eigenvalue weighted by Crippen LogP contribution is -2.27. The second-order valence-electron chi connectivity index (χ2n) is 6.65. The molecule has 0 aliphatic rings. The maximum atomic E-state index is 13.1. The first-order valence-corrected chi connectivity index (χ1v) is 9.95. The topological polar surface area (TPSA) is 73.0 Å². The molecule has 148 valence electrons. The number of aromatic nitrogens is 3. The number of amides is 1.